The maximum Gasteiger partial charge on any atom is 0.154 e. The fraction of sp³-hybridized carbons (Fsp3) is 0.0909. The molecule has 1 N–H and O–H groups in total. The van der Waals surface area contributed by atoms with Crippen molar-refractivity contribution in [3.63, 3.8) is 0 Å². The number of nitrogens with one attached hydrogen (secondary N) is 1. The summed E-state index contributed by atoms with van der Waals surface area (Å²) in [6.45, 7) is 6.76. The lowest BCUT2D eigenvalue weighted by atomic mass is 9.86. The fourth-order valence-corrected chi connectivity index (χ4v) is 6.94. The lowest BCUT2D eigenvalue weighted by molar-refractivity contribution is 0.591. The number of rotatable bonds is 5. The molecule has 0 saturated carbocycles. The summed E-state index contributed by atoms with van der Waals surface area (Å²) in [4.78, 5) is 16.0. The largest absolute Gasteiger partial charge is 0.454 e. The van der Waals surface area contributed by atoms with Gasteiger partial charge in [-0.25, -0.2) is 9.97 Å². The van der Waals surface area contributed by atoms with Crippen LogP contribution in [0.4, 0.5) is 17.2 Å². The minimum absolute atomic E-state index is 0.0605. The summed E-state index contributed by atoms with van der Waals surface area (Å²) in [6, 6.07) is 48.6. The van der Waals surface area contributed by atoms with Crippen LogP contribution in [0.1, 0.15) is 26.3 Å². The zero-order valence-corrected chi connectivity index (χ0v) is 27.6. The molecule has 5 aromatic carbocycles. The van der Waals surface area contributed by atoms with Gasteiger partial charge in [-0.3, -0.25) is 4.90 Å². The zero-order valence-electron chi connectivity index (χ0n) is 27.6. The number of fused-ring (bicyclic) bond motifs is 7. The van der Waals surface area contributed by atoms with E-state index in [1.807, 2.05) is 42.6 Å². The van der Waals surface area contributed by atoms with Gasteiger partial charge in [0, 0.05) is 39.3 Å². The second-order valence-electron chi connectivity index (χ2n) is 13.6. The van der Waals surface area contributed by atoms with Crippen LogP contribution in [0.5, 0.6) is 0 Å². The number of para-hydroxylation sites is 1. The first kappa shape index (κ1) is 29.0. The number of anilines is 3. The second kappa shape index (κ2) is 11.2. The zero-order chi connectivity index (χ0) is 33.1. The molecule has 4 heterocycles. The third-order valence-corrected chi connectivity index (χ3v) is 9.43. The molecule has 0 aliphatic rings. The highest BCUT2D eigenvalue weighted by Gasteiger charge is 2.21. The van der Waals surface area contributed by atoms with E-state index in [9.17, 15) is 0 Å². The van der Waals surface area contributed by atoms with Gasteiger partial charge in [0.15, 0.2) is 5.58 Å². The molecule has 5 nitrogen and oxygen atoms in total. The smallest absolute Gasteiger partial charge is 0.154 e. The third kappa shape index (κ3) is 4.94. The van der Waals surface area contributed by atoms with E-state index in [-0.39, 0.29) is 5.41 Å². The topological polar surface area (TPSA) is 58.0 Å². The molecule has 0 aliphatic heterocycles. The molecule has 5 heteroatoms. The Hall–Kier alpha value is -6.20. The minimum atomic E-state index is 0.0605. The van der Waals surface area contributed by atoms with E-state index in [0.717, 1.165) is 72.7 Å². The van der Waals surface area contributed by atoms with Crippen LogP contribution in [-0.2, 0) is 5.41 Å². The van der Waals surface area contributed by atoms with Crippen LogP contribution in [0.2, 0.25) is 0 Å². The highest BCUT2D eigenvalue weighted by Crippen LogP contribution is 2.42. The van der Waals surface area contributed by atoms with Crippen LogP contribution in [0.25, 0.3) is 66.3 Å². The van der Waals surface area contributed by atoms with Gasteiger partial charge in [0.1, 0.15) is 16.9 Å². The number of furan rings is 1. The van der Waals surface area contributed by atoms with E-state index in [2.05, 4.69) is 134 Å². The normalized spacial score (nSPS) is 12.0. The molecule has 0 unspecified atom stereocenters. The van der Waals surface area contributed by atoms with Gasteiger partial charge in [0.05, 0.1) is 22.3 Å². The number of aromatic nitrogens is 3. The van der Waals surface area contributed by atoms with Gasteiger partial charge in [0.25, 0.3) is 0 Å². The van der Waals surface area contributed by atoms with Crippen molar-refractivity contribution >= 4 is 61.1 Å². The average Bonchev–Trinajstić information content (AvgIpc) is 3.70. The predicted molar refractivity (Wildman–Crippen MR) is 203 cm³/mol. The fourth-order valence-electron chi connectivity index (χ4n) is 6.94. The predicted octanol–water partition coefficient (Wildman–Crippen LogP) is 12.1. The molecule has 49 heavy (non-hydrogen) atoms. The number of hydrogen-bond acceptors (Lipinski definition) is 4. The molecular weight excluding hydrogens is 601 g/mol. The molecule has 0 fully saturated rings. The summed E-state index contributed by atoms with van der Waals surface area (Å²) in [6.07, 6.45) is 1.84. The first-order valence-electron chi connectivity index (χ1n) is 16.7. The van der Waals surface area contributed by atoms with Crippen molar-refractivity contribution in [3.8, 4) is 22.4 Å². The number of aromatic amines is 1. The highest BCUT2D eigenvalue weighted by molar-refractivity contribution is 6.22. The Morgan fingerprint density at radius 2 is 1.45 bits per heavy atom. The number of hydrogen-bond donors (Lipinski definition) is 1. The van der Waals surface area contributed by atoms with Crippen molar-refractivity contribution in [1.29, 1.82) is 0 Å². The van der Waals surface area contributed by atoms with Gasteiger partial charge in [-0.2, -0.15) is 0 Å². The Labute approximate surface area is 284 Å². The third-order valence-electron chi connectivity index (χ3n) is 9.43. The Balaban J connectivity index is 1.20. The van der Waals surface area contributed by atoms with E-state index in [4.69, 9.17) is 14.4 Å². The van der Waals surface area contributed by atoms with E-state index >= 15 is 0 Å². The Kier molecular flexibility index (Phi) is 6.63. The minimum Gasteiger partial charge on any atom is -0.454 e. The molecular formula is C44H34N4O. The van der Waals surface area contributed by atoms with Gasteiger partial charge in [-0.05, 0) is 83.3 Å². The van der Waals surface area contributed by atoms with E-state index in [0.29, 0.717) is 0 Å². The lowest BCUT2D eigenvalue weighted by Gasteiger charge is -2.27. The van der Waals surface area contributed by atoms with Crippen molar-refractivity contribution in [2.45, 2.75) is 26.2 Å². The van der Waals surface area contributed by atoms with Crippen LogP contribution in [0.15, 0.2) is 150 Å². The highest BCUT2D eigenvalue weighted by atomic mass is 16.3. The molecule has 9 rings (SSSR count). The van der Waals surface area contributed by atoms with Crippen LogP contribution in [0.3, 0.4) is 0 Å². The monoisotopic (exact) mass is 634 g/mol. The van der Waals surface area contributed by atoms with E-state index in [1.165, 1.54) is 16.3 Å². The van der Waals surface area contributed by atoms with Crippen LogP contribution < -0.4 is 4.90 Å². The van der Waals surface area contributed by atoms with Crippen molar-refractivity contribution in [2.24, 2.45) is 0 Å². The van der Waals surface area contributed by atoms with Gasteiger partial charge < -0.3 is 9.40 Å². The number of pyridine rings is 2. The summed E-state index contributed by atoms with van der Waals surface area (Å²) in [5.41, 5.74) is 12.2. The van der Waals surface area contributed by atoms with Gasteiger partial charge in [-0.15, -0.1) is 0 Å². The van der Waals surface area contributed by atoms with Crippen molar-refractivity contribution in [3.05, 3.63) is 151 Å². The molecule has 0 bridgehead atoms. The Bertz CT molecular complexity index is 2650. The summed E-state index contributed by atoms with van der Waals surface area (Å²) in [7, 11) is 0. The first-order valence-corrected chi connectivity index (χ1v) is 16.7. The standard InChI is InChI=1S/C44H34N4O/c1-44(2,3)30-19-21-36-34(27-30)33-20-23-38-41(42(33)47-36)43-39(49-38)24-22-35(46-43)29-14-11-15-31(26-29)48(40-18-9-10-25-45-40)37-17-8-7-16-32(37)28-12-5-4-6-13-28/h4-27,47H,1-3H3. The number of H-pyrrole nitrogens is 1. The molecule has 0 saturated heterocycles. The van der Waals surface area contributed by atoms with Crippen LogP contribution >= 0.6 is 0 Å². The van der Waals surface area contributed by atoms with Crippen LogP contribution in [0, 0.1) is 0 Å². The summed E-state index contributed by atoms with van der Waals surface area (Å²) in [5, 5.41) is 3.40. The van der Waals surface area contributed by atoms with E-state index in [1.54, 1.807) is 0 Å². The number of benzene rings is 5. The molecule has 236 valence electrons. The lowest BCUT2D eigenvalue weighted by Crippen LogP contribution is -2.12. The van der Waals surface area contributed by atoms with E-state index < -0.39 is 0 Å². The summed E-state index contributed by atoms with van der Waals surface area (Å²) >= 11 is 0. The SMILES string of the molecule is CC(C)(C)c1ccc2[nH]c3c(ccc4oc5ccc(-c6cccc(N(c7ccccn7)c7ccccc7-c7ccccc7)c6)nc5c43)c2c1. The van der Waals surface area contributed by atoms with Crippen molar-refractivity contribution < 1.29 is 4.42 Å². The van der Waals surface area contributed by atoms with Crippen molar-refractivity contribution in [1.82, 2.24) is 15.0 Å². The molecule has 4 aromatic heterocycles. The molecule has 0 amide bonds. The maximum absolute atomic E-state index is 6.36. The summed E-state index contributed by atoms with van der Waals surface area (Å²) in [5.74, 6) is 0.836. The molecule has 0 atom stereocenters. The van der Waals surface area contributed by atoms with Crippen molar-refractivity contribution in [2.75, 3.05) is 4.90 Å². The first-order chi connectivity index (χ1) is 23.9. The number of nitrogens with zero attached hydrogens (tertiary/aromatic N) is 3. The van der Waals surface area contributed by atoms with Crippen LogP contribution in [-0.4, -0.2) is 15.0 Å². The second-order valence-corrected chi connectivity index (χ2v) is 13.6. The molecule has 0 radical (unpaired) electrons. The molecule has 9 aromatic rings. The van der Waals surface area contributed by atoms with Gasteiger partial charge in [-0.1, -0.05) is 93.6 Å². The molecule has 0 spiro atoms. The Morgan fingerprint density at radius 3 is 2.29 bits per heavy atom. The quantitative estimate of drug-likeness (QED) is 0.205. The van der Waals surface area contributed by atoms with Gasteiger partial charge in [0.2, 0.25) is 0 Å². The average molecular weight is 635 g/mol. The Morgan fingerprint density at radius 1 is 0.653 bits per heavy atom. The van der Waals surface area contributed by atoms with Gasteiger partial charge >= 0.3 is 0 Å². The maximum atomic E-state index is 6.36. The molecule has 0 aliphatic carbocycles. The summed E-state index contributed by atoms with van der Waals surface area (Å²) < 4.78 is 6.36.